The summed E-state index contributed by atoms with van der Waals surface area (Å²) in [5.41, 5.74) is 2.07. The number of hydrogen-bond donors (Lipinski definition) is 2. The van der Waals surface area contributed by atoms with Gasteiger partial charge >= 0.3 is 0 Å². The summed E-state index contributed by atoms with van der Waals surface area (Å²) in [7, 11) is -3.41. The number of aromatic nitrogens is 4. The molecule has 3 aliphatic rings. The number of carbonyl (C=O) groups is 1. The predicted octanol–water partition coefficient (Wildman–Crippen LogP) is 3.25. The highest BCUT2D eigenvalue weighted by Crippen LogP contribution is 2.48. The van der Waals surface area contributed by atoms with Crippen LogP contribution in [0, 0.1) is 5.41 Å². The Bertz CT molecular complexity index is 1460. The Labute approximate surface area is 231 Å². The molecule has 3 aromatic rings. The second-order valence-electron chi connectivity index (χ2n) is 10.6. The molecule has 1 spiro atoms. The first kappa shape index (κ1) is 26.1. The SMILES string of the molecule is CCOc1cncc(-c2cnc(C(=O)NC(CN3CC4(CCC4)C3)c3cc(NS(=O)(=O)C4CC4)ccn3)s2)n1. The van der Waals surface area contributed by atoms with Crippen LogP contribution in [0.25, 0.3) is 10.6 Å². The third-order valence-electron chi connectivity index (χ3n) is 7.50. The van der Waals surface area contributed by atoms with Crippen molar-refractivity contribution in [2.45, 2.75) is 50.3 Å². The summed E-state index contributed by atoms with van der Waals surface area (Å²) >= 11 is 1.22. The van der Waals surface area contributed by atoms with Gasteiger partial charge in [0.25, 0.3) is 5.91 Å². The Morgan fingerprint density at radius 2 is 2.05 bits per heavy atom. The first-order valence-corrected chi connectivity index (χ1v) is 15.6. The minimum absolute atomic E-state index is 0.295. The third-order valence-corrected chi connectivity index (χ3v) is 10.4. The van der Waals surface area contributed by atoms with Crippen LogP contribution in [0.15, 0.2) is 36.9 Å². The Morgan fingerprint density at radius 1 is 1.23 bits per heavy atom. The van der Waals surface area contributed by atoms with E-state index in [1.54, 1.807) is 36.9 Å². The molecule has 2 N–H and O–H groups in total. The van der Waals surface area contributed by atoms with Gasteiger partial charge in [0.15, 0.2) is 5.01 Å². The van der Waals surface area contributed by atoms with Gasteiger partial charge in [0.05, 0.1) is 46.6 Å². The zero-order valence-corrected chi connectivity index (χ0v) is 23.3. The van der Waals surface area contributed by atoms with Crippen molar-refractivity contribution in [2.75, 3.05) is 31.0 Å². The van der Waals surface area contributed by atoms with Crippen molar-refractivity contribution < 1.29 is 17.9 Å². The van der Waals surface area contributed by atoms with E-state index in [9.17, 15) is 13.2 Å². The number of hydrogen-bond acceptors (Lipinski definition) is 10. The molecule has 39 heavy (non-hydrogen) atoms. The zero-order chi connectivity index (χ0) is 27.0. The van der Waals surface area contributed by atoms with Crippen LogP contribution >= 0.6 is 11.3 Å². The third kappa shape index (κ3) is 5.75. The number of nitrogens with zero attached hydrogens (tertiary/aromatic N) is 5. The molecular formula is C26H31N7O4S2. The average molecular weight is 570 g/mol. The predicted molar refractivity (Wildman–Crippen MR) is 147 cm³/mol. The van der Waals surface area contributed by atoms with E-state index in [2.05, 4.69) is 34.9 Å². The van der Waals surface area contributed by atoms with E-state index >= 15 is 0 Å². The molecule has 2 aliphatic carbocycles. The number of amides is 1. The van der Waals surface area contributed by atoms with Gasteiger partial charge in [-0.3, -0.25) is 24.4 Å². The second kappa shape index (κ2) is 10.4. The minimum atomic E-state index is -3.41. The summed E-state index contributed by atoms with van der Waals surface area (Å²) < 4.78 is 33.1. The van der Waals surface area contributed by atoms with Crippen LogP contribution in [-0.4, -0.2) is 70.7 Å². The summed E-state index contributed by atoms with van der Waals surface area (Å²) in [5.74, 6) is 0.0892. The number of pyridine rings is 1. The van der Waals surface area contributed by atoms with E-state index in [0.29, 0.717) is 64.2 Å². The molecule has 13 heteroatoms. The van der Waals surface area contributed by atoms with Crippen LogP contribution in [0.4, 0.5) is 5.69 Å². The first-order valence-electron chi connectivity index (χ1n) is 13.2. The fourth-order valence-corrected chi connectivity index (χ4v) is 7.38. The molecule has 11 nitrogen and oxygen atoms in total. The molecule has 1 atom stereocenters. The van der Waals surface area contributed by atoms with Crippen molar-refractivity contribution >= 4 is 33.0 Å². The molecule has 1 amide bonds. The molecule has 1 saturated heterocycles. The second-order valence-corrected chi connectivity index (χ2v) is 13.6. The quantitative estimate of drug-likeness (QED) is 0.356. The lowest BCUT2D eigenvalue weighted by molar-refractivity contribution is -0.0633. The van der Waals surface area contributed by atoms with Gasteiger partial charge in [-0.1, -0.05) is 6.42 Å². The largest absolute Gasteiger partial charge is 0.477 e. The van der Waals surface area contributed by atoms with E-state index in [-0.39, 0.29) is 11.2 Å². The average Bonchev–Trinajstić information content (AvgIpc) is 3.62. The lowest BCUT2D eigenvalue weighted by Crippen LogP contribution is -2.61. The number of ether oxygens (including phenoxy) is 1. The molecule has 3 aromatic heterocycles. The van der Waals surface area contributed by atoms with Crippen LogP contribution in [0.5, 0.6) is 5.88 Å². The van der Waals surface area contributed by atoms with E-state index in [1.807, 2.05) is 6.92 Å². The zero-order valence-electron chi connectivity index (χ0n) is 21.7. The van der Waals surface area contributed by atoms with Crippen molar-refractivity contribution in [3.63, 3.8) is 0 Å². The van der Waals surface area contributed by atoms with Gasteiger partial charge < -0.3 is 10.1 Å². The number of anilines is 1. The van der Waals surface area contributed by atoms with Crippen LogP contribution < -0.4 is 14.8 Å². The van der Waals surface area contributed by atoms with Gasteiger partial charge in [0.1, 0.15) is 5.69 Å². The fourth-order valence-electron chi connectivity index (χ4n) is 5.23. The van der Waals surface area contributed by atoms with Crippen LogP contribution in [0.1, 0.15) is 60.6 Å². The van der Waals surface area contributed by atoms with Gasteiger partial charge in [-0.25, -0.2) is 18.4 Å². The van der Waals surface area contributed by atoms with Gasteiger partial charge in [-0.05, 0) is 50.2 Å². The van der Waals surface area contributed by atoms with E-state index in [4.69, 9.17) is 4.74 Å². The molecule has 2 saturated carbocycles. The van der Waals surface area contributed by atoms with E-state index < -0.39 is 16.1 Å². The molecular weight excluding hydrogens is 538 g/mol. The van der Waals surface area contributed by atoms with E-state index in [1.165, 1.54) is 30.6 Å². The van der Waals surface area contributed by atoms with Gasteiger partial charge in [0, 0.05) is 32.0 Å². The summed E-state index contributed by atoms with van der Waals surface area (Å²) in [4.78, 5) is 33.8. The minimum Gasteiger partial charge on any atom is -0.477 e. The molecule has 0 bridgehead atoms. The smallest absolute Gasteiger partial charge is 0.280 e. The molecule has 3 fully saturated rings. The summed E-state index contributed by atoms with van der Waals surface area (Å²) in [6, 6.07) is 2.92. The van der Waals surface area contributed by atoms with Crippen LogP contribution in [0.3, 0.4) is 0 Å². The van der Waals surface area contributed by atoms with Gasteiger partial charge in [-0.2, -0.15) is 0 Å². The number of likely N-dealkylation sites (tertiary alicyclic amines) is 1. The number of sulfonamides is 1. The molecule has 1 unspecified atom stereocenters. The van der Waals surface area contributed by atoms with Crippen molar-refractivity contribution in [3.05, 3.63) is 47.6 Å². The normalized spacial score (nSPS) is 19.1. The monoisotopic (exact) mass is 569 g/mol. The fraction of sp³-hybridized carbons (Fsp3) is 0.500. The van der Waals surface area contributed by atoms with Crippen molar-refractivity contribution in [3.8, 4) is 16.5 Å². The number of nitrogens with one attached hydrogen (secondary N) is 2. The van der Waals surface area contributed by atoms with E-state index in [0.717, 1.165) is 13.1 Å². The standard InChI is InChI=1S/C26H31N7O4S2/c1-2-37-23-13-27-11-20(30-23)22-12-29-25(38-22)24(34)31-21(14-33-15-26(16-33)7-3-8-26)19-10-17(6-9-28-19)32-39(35,36)18-4-5-18/h6,9-13,18,21H,2-5,7-8,14-16H2,1H3,(H,28,32)(H,31,34). The molecule has 0 aromatic carbocycles. The van der Waals surface area contributed by atoms with Crippen LogP contribution in [0.2, 0.25) is 0 Å². The lowest BCUT2D eigenvalue weighted by atomic mass is 9.63. The summed E-state index contributed by atoms with van der Waals surface area (Å²) in [5, 5.41) is 3.06. The highest BCUT2D eigenvalue weighted by atomic mass is 32.2. The highest BCUT2D eigenvalue weighted by molar-refractivity contribution is 7.93. The number of carbonyl (C=O) groups excluding carboxylic acids is 1. The Morgan fingerprint density at radius 3 is 2.77 bits per heavy atom. The maximum atomic E-state index is 13.4. The Balaban J connectivity index is 1.20. The summed E-state index contributed by atoms with van der Waals surface area (Å²) in [6.45, 7) is 4.94. The van der Waals surface area contributed by atoms with Gasteiger partial charge in [-0.15, -0.1) is 11.3 Å². The number of rotatable bonds is 11. The maximum Gasteiger partial charge on any atom is 0.280 e. The Hall–Kier alpha value is -3.16. The molecule has 1 aliphatic heterocycles. The van der Waals surface area contributed by atoms with Crippen molar-refractivity contribution in [1.82, 2.24) is 30.2 Å². The number of thiazole rings is 1. The Kier molecular flexibility index (Phi) is 6.98. The topological polar surface area (TPSA) is 139 Å². The van der Waals surface area contributed by atoms with Crippen molar-refractivity contribution in [2.24, 2.45) is 5.41 Å². The lowest BCUT2D eigenvalue weighted by Gasteiger charge is -2.56. The van der Waals surface area contributed by atoms with Crippen LogP contribution in [-0.2, 0) is 10.0 Å². The summed E-state index contributed by atoms with van der Waals surface area (Å²) in [6.07, 6.45) is 11.5. The molecule has 206 valence electrons. The molecule has 4 heterocycles. The van der Waals surface area contributed by atoms with Gasteiger partial charge in [0.2, 0.25) is 15.9 Å². The molecule has 6 rings (SSSR count). The highest BCUT2D eigenvalue weighted by Gasteiger charge is 2.47. The van der Waals surface area contributed by atoms with Crippen molar-refractivity contribution in [1.29, 1.82) is 0 Å². The maximum absolute atomic E-state index is 13.4. The first-order chi connectivity index (χ1) is 18.8. The molecule has 0 radical (unpaired) electrons.